The minimum atomic E-state index is -3.28. The predicted molar refractivity (Wildman–Crippen MR) is 117 cm³/mol. The van der Waals surface area contributed by atoms with Crippen LogP contribution in [-0.2, 0) is 27.6 Å². The predicted octanol–water partition coefficient (Wildman–Crippen LogP) is 3.99. The molecule has 0 amide bonds. The summed E-state index contributed by atoms with van der Waals surface area (Å²) in [4.78, 5) is 5.87. The van der Waals surface area contributed by atoms with Crippen LogP contribution < -0.4 is 4.31 Å². The number of benzene rings is 2. The second-order valence-electron chi connectivity index (χ2n) is 8.71. The Kier molecular flexibility index (Phi) is 4.53. The Bertz CT molecular complexity index is 1080. The molecule has 1 N–H and O–H groups in total. The lowest BCUT2D eigenvalue weighted by atomic mass is 9.71. The van der Waals surface area contributed by atoms with E-state index in [4.69, 9.17) is 0 Å². The van der Waals surface area contributed by atoms with Crippen molar-refractivity contribution in [2.24, 2.45) is 5.41 Å². The minimum absolute atomic E-state index is 0.0359. The van der Waals surface area contributed by atoms with Gasteiger partial charge in [-0.25, -0.2) is 0 Å². The van der Waals surface area contributed by atoms with E-state index >= 15 is 0 Å². The van der Waals surface area contributed by atoms with E-state index in [1.54, 1.807) is 4.31 Å². The number of para-hydroxylation sites is 2. The number of nitrogens with one attached hydrogen (secondary N) is 1. The van der Waals surface area contributed by atoms with E-state index < -0.39 is 10.4 Å². The molecule has 0 bridgehead atoms. The third-order valence-electron chi connectivity index (χ3n) is 6.69. The zero-order valence-corrected chi connectivity index (χ0v) is 17.6. The molecule has 1 unspecified atom stereocenters. The zero-order valence-electron chi connectivity index (χ0n) is 16.8. The van der Waals surface area contributed by atoms with Gasteiger partial charge in [0.1, 0.15) is 16.7 Å². The number of rotatable bonds is 3. The third kappa shape index (κ3) is 3.50. The van der Waals surface area contributed by atoms with Crippen molar-refractivity contribution in [3.05, 3.63) is 65.9 Å². The largest absolute Gasteiger partial charge is 0.593 e. The lowest BCUT2D eigenvalue weighted by Crippen LogP contribution is -2.52. The second kappa shape index (κ2) is 6.97. The summed E-state index contributed by atoms with van der Waals surface area (Å²) in [6.45, 7) is 3.54. The highest BCUT2D eigenvalue weighted by Gasteiger charge is 2.44. The van der Waals surface area contributed by atoms with Crippen molar-refractivity contribution < 1.29 is 8.76 Å². The number of anilines is 1. The number of H-pyrrole nitrogens is 1. The number of hydrogen-bond donors (Lipinski definition) is 1. The van der Waals surface area contributed by atoms with Crippen LogP contribution in [0.3, 0.4) is 0 Å². The van der Waals surface area contributed by atoms with Crippen LogP contribution in [0.5, 0.6) is 0 Å². The first-order chi connectivity index (χ1) is 13.9. The summed E-state index contributed by atoms with van der Waals surface area (Å²) >= 11 is 0. The van der Waals surface area contributed by atoms with Crippen molar-refractivity contribution in [2.75, 3.05) is 30.2 Å². The van der Waals surface area contributed by atoms with Gasteiger partial charge in [0, 0.05) is 23.6 Å². The Morgan fingerprint density at radius 3 is 2.62 bits per heavy atom. The van der Waals surface area contributed by atoms with Gasteiger partial charge in [-0.05, 0) is 61.0 Å². The first kappa shape index (κ1) is 18.9. The van der Waals surface area contributed by atoms with Crippen molar-refractivity contribution >= 4 is 27.0 Å². The van der Waals surface area contributed by atoms with Crippen LogP contribution in [0.2, 0.25) is 0 Å². The summed E-state index contributed by atoms with van der Waals surface area (Å²) in [6, 6.07) is 16.4. The molecule has 2 aliphatic rings. The molecule has 1 saturated heterocycles. The molecule has 0 radical (unpaired) electrons. The van der Waals surface area contributed by atoms with E-state index in [1.807, 2.05) is 18.2 Å². The number of aromatic amines is 1. The highest BCUT2D eigenvalue weighted by Crippen LogP contribution is 2.44. The molecule has 3 aromatic rings. The van der Waals surface area contributed by atoms with Crippen LogP contribution >= 0.6 is 0 Å². The lowest BCUT2D eigenvalue weighted by molar-refractivity contribution is 0.102. The van der Waals surface area contributed by atoms with Gasteiger partial charge in [0.15, 0.2) is 0 Å². The molecular weight excluding hydrogens is 382 g/mol. The molecule has 1 fully saturated rings. The van der Waals surface area contributed by atoms with E-state index in [9.17, 15) is 8.76 Å². The molecule has 152 valence electrons. The number of piperidine rings is 1. The number of aromatic nitrogens is 1. The summed E-state index contributed by atoms with van der Waals surface area (Å²) in [5.74, 6) is 0. The third-order valence-corrected chi connectivity index (χ3v) is 7.82. The first-order valence-corrected chi connectivity index (χ1v) is 12.1. The minimum Gasteiger partial charge on any atom is -0.593 e. The van der Waals surface area contributed by atoms with Gasteiger partial charge >= 0.3 is 0 Å². The van der Waals surface area contributed by atoms with Crippen molar-refractivity contribution in [3.63, 3.8) is 0 Å². The molecule has 6 heteroatoms. The van der Waals surface area contributed by atoms with E-state index in [0.29, 0.717) is 6.54 Å². The molecule has 2 aliphatic heterocycles. The topological polar surface area (TPSA) is 62.4 Å². The van der Waals surface area contributed by atoms with Gasteiger partial charge < -0.3 is 9.54 Å². The summed E-state index contributed by atoms with van der Waals surface area (Å²) < 4.78 is 26.6. The molecule has 3 heterocycles. The van der Waals surface area contributed by atoms with Crippen LogP contribution in [0.25, 0.3) is 10.9 Å². The molecule has 2 aromatic carbocycles. The van der Waals surface area contributed by atoms with Crippen molar-refractivity contribution in [1.29, 1.82) is 0 Å². The highest BCUT2D eigenvalue weighted by molar-refractivity contribution is 7.98. The Balaban J connectivity index is 1.34. The SMILES string of the molecule is C[S+](=O)([O-])N1CC2(CCN(Cc3c[nH]c4ccccc34)CC2)Cc2ccccc21. The van der Waals surface area contributed by atoms with Crippen molar-refractivity contribution in [2.45, 2.75) is 25.8 Å². The van der Waals surface area contributed by atoms with Crippen LogP contribution in [0, 0.1) is 5.41 Å². The Hall–Kier alpha value is -2.15. The fourth-order valence-corrected chi connectivity index (χ4v) is 6.12. The van der Waals surface area contributed by atoms with Gasteiger partial charge in [0.05, 0.1) is 12.2 Å². The van der Waals surface area contributed by atoms with Crippen LogP contribution in [0.4, 0.5) is 5.69 Å². The monoisotopic (exact) mass is 409 g/mol. The molecule has 0 aliphatic carbocycles. The molecule has 1 aromatic heterocycles. The number of likely N-dealkylation sites (tertiary alicyclic amines) is 1. The van der Waals surface area contributed by atoms with E-state index in [-0.39, 0.29) is 5.41 Å². The quantitative estimate of drug-likeness (QED) is 0.666. The maximum absolute atomic E-state index is 12.5. The Morgan fingerprint density at radius 1 is 1.10 bits per heavy atom. The summed E-state index contributed by atoms with van der Waals surface area (Å²) in [5.41, 5.74) is 4.58. The van der Waals surface area contributed by atoms with Crippen molar-refractivity contribution in [3.8, 4) is 0 Å². The van der Waals surface area contributed by atoms with Crippen LogP contribution in [0.15, 0.2) is 54.7 Å². The average molecular weight is 410 g/mol. The zero-order chi connectivity index (χ0) is 20.1. The fraction of sp³-hybridized carbons (Fsp3) is 0.391. The van der Waals surface area contributed by atoms with Crippen molar-refractivity contribution in [1.82, 2.24) is 9.88 Å². The highest BCUT2D eigenvalue weighted by atomic mass is 32.3. The summed E-state index contributed by atoms with van der Waals surface area (Å²) in [5, 5.41) is 1.29. The first-order valence-electron chi connectivity index (χ1n) is 10.3. The number of fused-ring (bicyclic) bond motifs is 2. The molecular formula is C23H27N3O2S. The molecule has 1 atom stereocenters. The van der Waals surface area contributed by atoms with E-state index in [0.717, 1.165) is 50.1 Å². The Labute approximate surface area is 173 Å². The molecule has 1 spiro atoms. The van der Waals surface area contributed by atoms with E-state index in [2.05, 4.69) is 46.4 Å². The summed E-state index contributed by atoms with van der Waals surface area (Å²) in [7, 11) is -3.28. The van der Waals surface area contributed by atoms with E-state index in [1.165, 1.54) is 22.7 Å². The molecule has 0 saturated carbocycles. The molecule has 5 rings (SSSR count). The maximum atomic E-state index is 12.5. The smallest absolute Gasteiger partial charge is 0.145 e. The molecule has 29 heavy (non-hydrogen) atoms. The lowest BCUT2D eigenvalue weighted by Gasteiger charge is -2.48. The van der Waals surface area contributed by atoms with Gasteiger partial charge in [0.25, 0.3) is 0 Å². The maximum Gasteiger partial charge on any atom is 0.145 e. The Morgan fingerprint density at radius 2 is 1.83 bits per heavy atom. The number of nitrogens with zero attached hydrogens (tertiary/aromatic N) is 2. The summed E-state index contributed by atoms with van der Waals surface area (Å²) in [6.07, 6.45) is 6.47. The second-order valence-corrected chi connectivity index (χ2v) is 10.6. The number of sulfonamides is 1. The van der Waals surface area contributed by atoms with Crippen LogP contribution in [0.1, 0.15) is 24.0 Å². The van der Waals surface area contributed by atoms with Gasteiger partial charge in [-0.3, -0.25) is 4.90 Å². The van der Waals surface area contributed by atoms with Crippen LogP contribution in [-0.4, -0.2) is 40.3 Å². The number of hydrogen-bond acceptors (Lipinski definition) is 3. The fourth-order valence-electron chi connectivity index (χ4n) is 5.07. The normalized spacial score (nSPS) is 21.2. The molecule has 5 nitrogen and oxygen atoms in total. The van der Waals surface area contributed by atoms with Gasteiger partial charge in [0.2, 0.25) is 0 Å². The average Bonchev–Trinajstić information content (AvgIpc) is 3.12. The van der Waals surface area contributed by atoms with Gasteiger partial charge in [-0.2, -0.15) is 4.31 Å². The van der Waals surface area contributed by atoms with Gasteiger partial charge in [-0.1, -0.05) is 40.6 Å². The van der Waals surface area contributed by atoms with Gasteiger partial charge in [-0.15, -0.1) is 0 Å². The standard InChI is InChI=1S/C23H27N3O2S/c1-29(27,28)26-17-23(14-18-6-2-5-9-22(18)26)10-12-25(13-11-23)16-19-15-24-21-8-4-3-7-20(19)21/h2-9,15,24H,10-14,16-17H2,1H3.